The summed E-state index contributed by atoms with van der Waals surface area (Å²) in [4.78, 5) is 0. The Morgan fingerprint density at radius 1 is 0.148 bits per heavy atom. The zero-order valence-corrected chi connectivity index (χ0v) is 29.8. The van der Waals surface area contributed by atoms with Gasteiger partial charge in [0.2, 0.25) is 0 Å². The Balaban J connectivity index is 1.32. The van der Waals surface area contributed by atoms with Crippen LogP contribution in [0.1, 0.15) is 0 Å². The van der Waals surface area contributed by atoms with Crippen LogP contribution >= 0.6 is 0 Å². The number of rotatable bonds is 6. The molecule has 54 heavy (non-hydrogen) atoms. The van der Waals surface area contributed by atoms with Gasteiger partial charge in [-0.05, 0) is 154 Å². The number of fused-ring (bicyclic) bond motifs is 3. The molecule has 0 saturated carbocycles. The SMILES string of the molecule is c1ccc(-c2cc3ccccc3cc2-c2cc(-c3cc4ccccc4cc3-c3ccccc3)cc(-c3cc4ccccc4cc3-c3ccccc3)c2)cc1. The fourth-order valence-electron chi connectivity index (χ4n) is 8.10. The summed E-state index contributed by atoms with van der Waals surface area (Å²) in [7, 11) is 0. The first-order chi connectivity index (χ1) is 26.7. The van der Waals surface area contributed by atoms with Crippen molar-refractivity contribution in [1.82, 2.24) is 0 Å². The first-order valence-corrected chi connectivity index (χ1v) is 18.7. The normalized spacial score (nSPS) is 11.3. The van der Waals surface area contributed by atoms with Crippen molar-refractivity contribution in [2.24, 2.45) is 0 Å². The molecule has 0 spiro atoms. The Morgan fingerprint density at radius 2 is 0.333 bits per heavy atom. The monoisotopic (exact) mass is 684 g/mol. The first-order valence-electron chi connectivity index (χ1n) is 18.7. The van der Waals surface area contributed by atoms with Crippen molar-refractivity contribution >= 4 is 32.3 Å². The minimum atomic E-state index is 1.19. The van der Waals surface area contributed by atoms with Gasteiger partial charge in [-0.15, -0.1) is 0 Å². The molecule has 10 aromatic rings. The molecule has 10 rings (SSSR count). The van der Waals surface area contributed by atoms with Crippen LogP contribution in [0.15, 0.2) is 218 Å². The quantitative estimate of drug-likeness (QED) is 0.164. The molecule has 0 bridgehead atoms. The van der Waals surface area contributed by atoms with Gasteiger partial charge in [0.25, 0.3) is 0 Å². The van der Waals surface area contributed by atoms with Crippen LogP contribution in [0.25, 0.3) is 99.1 Å². The van der Waals surface area contributed by atoms with E-state index in [1.54, 1.807) is 0 Å². The largest absolute Gasteiger partial charge is 0.0622 e. The summed E-state index contributed by atoms with van der Waals surface area (Å²) in [5, 5.41) is 7.39. The van der Waals surface area contributed by atoms with E-state index < -0.39 is 0 Å². The van der Waals surface area contributed by atoms with Gasteiger partial charge in [0.05, 0.1) is 0 Å². The molecule has 0 amide bonds. The molecule has 0 aliphatic heterocycles. The van der Waals surface area contributed by atoms with Gasteiger partial charge in [-0.25, -0.2) is 0 Å². The van der Waals surface area contributed by atoms with Crippen LogP contribution in [0.3, 0.4) is 0 Å². The summed E-state index contributed by atoms with van der Waals surface area (Å²) >= 11 is 0. The molecule has 0 nitrogen and oxygen atoms in total. The molecule has 0 fully saturated rings. The highest BCUT2D eigenvalue weighted by molar-refractivity contribution is 6.03. The predicted octanol–water partition coefficient (Wildman–Crippen LogP) is 15.1. The molecule has 0 aliphatic carbocycles. The second-order valence-electron chi connectivity index (χ2n) is 14.1. The zero-order valence-electron chi connectivity index (χ0n) is 29.8. The average molecular weight is 685 g/mol. The lowest BCUT2D eigenvalue weighted by Crippen LogP contribution is -1.93. The number of hydrogen-bond acceptors (Lipinski definition) is 0. The minimum Gasteiger partial charge on any atom is -0.0622 e. The van der Waals surface area contributed by atoms with E-state index >= 15 is 0 Å². The number of hydrogen-bond donors (Lipinski definition) is 0. The highest BCUT2D eigenvalue weighted by Gasteiger charge is 2.18. The Hall–Kier alpha value is -7.02. The van der Waals surface area contributed by atoms with Gasteiger partial charge in [-0.1, -0.05) is 164 Å². The summed E-state index contributed by atoms with van der Waals surface area (Å²) in [6.45, 7) is 0. The van der Waals surface area contributed by atoms with E-state index in [0.29, 0.717) is 0 Å². The Kier molecular flexibility index (Phi) is 7.93. The smallest absolute Gasteiger partial charge is 0.00986 e. The van der Waals surface area contributed by atoms with E-state index in [4.69, 9.17) is 0 Å². The lowest BCUT2D eigenvalue weighted by molar-refractivity contribution is 1.56. The van der Waals surface area contributed by atoms with Gasteiger partial charge < -0.3 is 0 Å². The third-order valence-corrected chi connectivity index (χ3v) is 10.8. The Bertz CT molecular complexity index is 2620. The van der Waals surface area contributed by atoms with Crippen LogP contribution in [0.4, 0.5) is 0 Å². The third kappa shape index (κ3) is 5.85. The molecule has 0 N–H and O–H groups in total. The molecule has 0 heteroatoms. The average Bonchev–Trinajstić information content (AvgIpc) is 3.25. The molecule has 0 saturated heterocycles. The maximum Gasteiger partial charge on any atom is -0.00986 e. The van der Waals surface area contributed by atoms with Crippen LogP contribution in [0, 0.1) is 0 Å². The second-order valence-corrected chi connectivity index (χ2v) is 14.1. The van der Waals surface area contributed by atoms with E-state index in [0.717, 1.165) is 0 Å². The van der Waals surface area contributed by atoms with Crippen LogP contribution in [0.2, 0.25) is 0 Å². The number of benzene rings is 10. The first kappa shape index (κ1) is 31.7. The van der Waals surface area contributed by atoms with Gasteiger partial charge in [0.1, 0.15) is 0 Å². The van der Waals surface area contributed by atoms with Gasteiger partial charge in [0.15, 0.2) is 0 Å². The fraction of sp³-hybridized carbons (Fsp3) is 0. The van der Waals surface area contributed by atoms with Gasteiger partial charge in [-0.3, -0.25) is 0 Å². The Morgan fingerprint density at radius 3 is 0.556 bits per heavy atom. The molecule has 0 radical (unpaired) electrons. The van der Waals surface area contributed by atoms with Crippen LogP contribution in [-0.4, -0.2) is 0 Å². The van der Waals surface area contributed by atoms with Crippen molar-refractivity contribution in [2.45, 2.75) is 0 Å². The third-order valence-electron chi connectivity index (χ3n) is 10.8. The molecular weight excluding hydrogens is 649 g/mol. The highest BCUT2D eigenvalue weighted by atomic mass is 14.2. The maximum absolute atomic E-state index is 2.42. The molecule has 252 valence electrons. The molecular formula is C54H36. The van der Waals surface area contributed by atoms with E-state index in [9.17, 15) is 0 Å². The maximum atomic E-state index is 2.42. The molecule has 0 unspecified atom stereocenters. The van der Waals surface area contributed by atoms with Gasteiger partial charge in [0, 0.05) is 0 Å². The van der Waals surface area contributed by atoms with Crippen molar-refractivity contribution in [3.63, 3.8) is 0 Å². The van der Waals surface area contributed by atoms with E-state index in [-0.39, 0.29) is 0 Å². The topological polar surface area (TPSA) is 0 Å². The van der Waals surface area contributed by atoms with Crippen molar-refractivity contribution < 1.29 is 0 Å². The molecule has 0 heterocycles. The summed E-state index contributed by atoms with van der Waals surface area (Å²) in [6, 6.07) is 80.1. The Labute approximate surface area is 316 Å². The van der Waals surface area contributed by atoms with Crippen LogP contribution < -0.4 is 0 Å². The summed E-state index contributed by atoms with van der Waals surface area (Å²) in [6.07, 6.45) is 0. The molecule has 0 aromatic heterocycles. The van der Waals surface area contributed by atoms with Gasteiger partial charge >= 0.3 is 0 Å². The van der Waals surface area contributed by atoms with Crippen molar-refractivity contribution in [2.75, 3.05) is 0 Å². The summed E-state index contributed by atoms with van der Waals surface area (Å²) < 4.78 is 0. The van der Waals surface area contributed by atoms with Crippen molar-refractivity contribution in [1.29, 1.82) is 0 Å². The molecule has 10 aromatic carbocycles. The fourth-order valence-corrected chi connectivity index (χ4v) is 8.10. The van der Waals surface area contributed by atoms with E-state index in [1.807, 2.05) is 0 Å². The lowest BCUT2D eigenvalue weighted by Gasteiger charge is -2.19. The van der Waals surface area contributed by atoms with E-state index in [2.05, 4.69) is 218 Å². The summed E-state index contributed by atoms with van der Waals surface area (Å²) in [5.74, 6) is 0. The van der Waals surface area contributed by atoms with Crippen molar-refractivity contribution in [3.8, 4) is 66.8 Å². The zero-order chi connectivity index (χ0) is 35.8. The second kappa shape index (κ2) is 13.5. The van der Waals surface area contributed by atoms with Gasteiger partial charge in [-0.2, -0.15) is 0 Å². The highest BCUT2D eigenvalue weighted by Crippen LogP contribution is 2.44. The molecule has 0 aliphatic rings. The lowest BCUT2D eigenvalue weighted by atomic mass is 9.84. The van der Waals surface area contributed by atoms with Crippen molar-refractivity contribution in [3.05, 3.63) is 218 Å². The van der Waals surface area contributed by atoms with E-state index in [1.165, 1.54) is 99.1 Å². The molecule has 0 atom stereocenters. The van der Waals surface area contributed by atoms with Crippen LogP contribution in [-0.2, 0) is 0 Å². The predicted molar refractivity (Wildman–Crippen MR) is 232 cm³/mol. The summed E-state index contributed by atoms with van der Waals surface area (Å²) in [5.41, 5.74) is 14.5. The standard InChI is InChI=1S/C54H36/c1-4-16-37(17-5-1)49-31-40-22-10-13-25-43(40)34-52(49)46-28-47(53-35-44-26-14-11-23-41(44)32-50(53)38-18-6-2-7-19-38)30-48(29-46)54-36-45-27-15-12-24-42(45)33-51(54)39-20-8-3-9-21-39/h1-36H. The van der Waals surface area contributed by atoms with Crippen LogP contribution in [0.5, 0.6) is 0 Å². The minimum absolute atomic E-state index is 1.19.